The summed E-state index contributed by atoms with van der Waals surface area (Å²) in [5.41, 5.74) is 2.13. The highest BCUT2D eigenvalue weighted by Crippen LogP contribution is 2.27. The lowest BCUT2D eigenvalue weighted by Gasteiger charge is -2.25. The van der Waals surface area contributed by atoms with Crippen LogP contribution in [-0.4, -0.2) is 20.9 Å². The van der Waals surface area contributed by atoms with E-state index in [0.29, 0.717) is 15.2 Å². The predicted molar refractivity (Wildman–Crippen MR) is 125 cm³/mol. The molecule has 0 fully saturated rings. The summed E-state index contributed by atoms with van der Waals surface area (Å²) in [6, 6.07) is 14.9. The highest BCUT2D eigenvalue weighted by Gasteiger charge is 2.28. The first-order chi connectivity index (χ1) is 14.6. The summed E-state index contributed by atoms with van der Waals surface area (Å²) in [5, 5.41) is 2.82. The molecule has 0 saturated heterocycles. The second-order valence-electron chi connectivity index (χ2n) is 6.91. The van der Waals surface area contributed by atoms with Crippen molar-refractivity contribution in [3.63, 3.8) is 0 Å². The lowest BCUT2D eigenvalue weighted by atomic mass is 10.1. The molecule has 0 aliphatic heterocycles. The Balaban J connectivity index is 1.98. The minimum Gasteiger partial charge on any atom is -0.322 e. The number of carbonyl (C=O) groups is 1. The van der Waals surface area contributed by atoms with E-state index in [0.717, 1.165) is 15.4 Å². The molecule has 3 rings (SSSR count). The standard InChI is InChI=1S/C22H19BrClFN2O3S/c1-14-3-7-18(11-15(14)2)27(31(29,30)19-8-5-17(24)6-9-19)13-22(28)26-21-10-4-16(23)12-20(21)25/h3-12H,13H2,1-2H3,(H,26,28). The Morgan fingerprint density at radius 3 is 2.32 bits per heavy atom. The molecule has 0 aliphatic rings. The largest absolute Gasteiger partial charge is 0.322 e. The van der Waals surface area contributed by atoms with Crippen LogP contribution in [0.4, 0.5) is 15.8 Å². The van der Waals surface area contributed by atoms with Crippen LogP contribution < -0.4 is 9.62 Å². The number of nitrogens with zero attached hydrogens (tertiary/aromatic N) is 1. The number of halogens is 3. The number of benzene rings is 3. The van der Waals surface area contributed by atoms with E-state index in [4.69, 9.17) is 11.6 Å². The second-order valence-corrected chi connectivity index (χ2v) is 10.1. The van der Waals surface area contributed by atoms with Crippen LogP contribution in [0.5, 0.6) is 0 Å². The molecule has 1 amide bonds. The van der Waals surface area contributed by atoms with Gasteiger partial charge in [0.05, 0.1) is 16.3 Å². The highest BCUT2D eigenvalue weighted by atomic mass is 79.9. The van der Waals surface area contributed by atoms with Gasteiger partial charge in [-0.15, -0.1) is 0 Å². The fraction of sp³-hybridized carbons (Fsp3) is 0.136. The van der Waals surface area contributed by atoms with Crippen LogP contribution in [0.3, 0.4) is 0 Å². The normalized spacial score (nSPS) is 11.3. The monoisotopic (exact) mass is 524 g/mol. The summed E-state index contributed by atoms with van der Waals surface area (Å²) >= 11 is 9.04. The van der Waals surface area contributed by atoms with Crippen LogP contribution in [0.2, 0.25) is 5.02 Å². The summed E-state index contributed by atoms with van der Waals surface area (Å²) in [6.07, 6.45) is 0. The first-order valence-corrected chi connectivity index (χ1v) is 11.8. The maximum Gasteiger partial charge on any atom is 0.264 e. The van der Waals surface area contributed by atoms with Crippen molar-refractivity contribution in [2.24, 2.45) is 0 Å². The van der Waals surface area contributed by atoms with Crippen LogP contribution in [0.1, 0.15) is 11.1 Å². The van der Waals surface area contributed by atoms with Gasteiger partial charge in [-0.2, -0.15) is 0 Å². The van der Waals surface area contributed by atoms with Crippen molar-refractivity contribution in [3.05, 3.63) is 87.1 Å². The Bertz CT molecular complexity index is 1230. The Morgan fingerprint density at radius 2 is 1.71 bits per heavy atom. The van der Waals surface area contributed by atoms with Crippen molar-refractivity contribution in [2.75, 3.05) is 16.2 Å². The lowest BCUT2D eigenvalue weighted by molar-refractivity contribution is -0.114. The molecule has 31 heavy (non-hydrogen) atoms. The van der Waals surface area contributed by atoms with Crippen molar-refractivity contribution in [1.82, 2.24) is 0 Å². The van der Waals surface area contributed by atoms with Crippen molar-refractivity contribution in [1.29, 1.82) is 0 Å². The smallest absolute Gasteiger partial charge is 0.264 e. The number of amides is 1. The maximum absolute atomic E-state index is 14.1. The number of hydrogen-bond acceptors (Lipinski definition) is 3. The van der Waals surface area contributed by atoms with Gasteiger partial charge in [0.1, 0.15) is 12.4 Å². The molecule has 0 aliphatic carbocycles. The number of aryl methyl sites for hydroxylation is 2. The highest BCUT2D eigenvalue weighted by molar-refractivity contribution is 9.10. The first kappa shape index (κ1) is 23.2. The quantitative estimate of drug-likeness (QED) is 0.449. The molecule has 0 spiro atoms. The maximum atomic E-state index is 14.1. The van der Waals surface area contributed by atoms with Crippen molar-refractivity contribution >= 4 is 54.8 Å². The van der Waals surface area contributed by atoms with E-state index in [9.17, 15) is 17.6 Å². The molecule has 0 saturated carbocycles. The van der Waals surface area contributed by atoms with E-state index in [-0.39, 0.29) is 10.6 Å². The topological polar surface area (TPSA) is 66.5 Å². The van der Waals surface area contributed by atoms with Gasteiger partial charge in [0, 0.05) is 9.50 Å². The van der Waals surface area contributed by atoms with Crippen molar-refractivity contribution in [2.45, 2.75) is 18.7 Å². The third kappa shape index (κ3) is 5.44. The molecule has 0 unspecified atom stereocenters. The zero-order chi connectivity index (χ0) is 22.8. The van der Waals surface area contributed by atoms with Crippen molar-refractivity contribution < 1.29 is 17.6 Å². The third-order valence-electron chi connectivity index (χ3n) is 4.67. The lowest BCUT2D eigenvalue weighted by Crippen LogP contribution is -2.38. The summed E-state index contributed by atoms with van der Waals surface area (Å²) in [6.45, 7) is 3.21. The van der Waals surface area contributed by atoms with E-state index >= 15 is 0 Å². The zero-order valence-electron chi connectivity index (χ0n) is 16.7. The first-order valence-electron chi connectivity index (χ1n) is 9.18. The number of hydrogen-bond donors (Lipinski definition) is 1. The Labute approximate surface area is 194 Å². The molecule has 0 heterocycles. The number of rotatable bonds is 6. The Hall–Kier alpha value is -2.42. The fourth-order valence-electron chi connectivity index (χ4n) is 2.84. The molecule has 0 radical (unpaired) electrons. The van der Waals surface area contributed by atoms with Crippen LogP contribution in [-0.2, 0) is 14.8 Å². The van der Waals surface area contributed by atoms with Gasteiger partial charge in [0.2, 0.25) is 5.91 Å². The van der Waals surface area contributed by atoms with Gasteiger partial charge < -0.3 is 5.32 Å². The minimum atomic E-state index is -4.09. The average molecular weight is 526 g/mol. The number of nitrogens with one attached hydrogen (secondary N) is 1. The van der Waals surface area contributed by atoms with E-state index < -0.39 is 28.3 Å². The molecule has 3 aromatic carbocycles. The van der Waals surface area contributed by atoms with Crippen LogP contribution >= 0.6 is 27.5 Å². The van der Waals surface area contributed by atoms with Gasteiger partial charge in [-0.3, -0.25) is 9.10 Å². The number of carbonyl (C=O) groups excluding carboxylic acids is 1. The third-order valence-corrected chi connectivity index (χ3v) is 7.21. The van der Waals surface area contributed by atoms with Crippen LogP contribution in [0.15, 0.2) is 70.0 Å². The molecular weight excluding hydrogens is 507 g/mol. The molecular formula is C22H19BrClFN2O3S. The zero-order valence-corrected chi connectivity index (χ0v) is 19.9. The van der Waals surface area contributed by atoms with Crippen molar-refractivity contribution in [3.8, 4) is 0 Å². The number of sulfonamides is 1. The van der Waals surface area contributed by atoms with E-state index in [1.54, 1.807) is 24.3 Å². The van der Waals surface area contributed by atoms with Gasteiger partial charge in [-0.05, 0) is 79.6 Å². The van der Waals surface area contributed by atoms with Gasteiger partial charge in [0.25, 0.3) is 10.0 Å². The SMILES string of the molecule is Cc1ccc(N(CC(=O)Nc2ccc(Br)cc2F)S(=O)(=O)c2ccc(Cl)cc2)cc1C. The van der Waals surface area contributed by atoms with Gasteiger partial charge in [-0.1, -0.05) is 33.6 Å². The molecule has 9 heteroatoms. The van der Waals surface area contributed by atoms with Gasteiger partial charge in [-0.25, -0.2) is 12.8 Å². The molecule has 3 aromatic rings. The minimum absolute atomic E-state index is 0.0160. The summed E-state index contributed by atoms with van der Waals surface area (Å²) in [4.78, 5) is 12.7. The van der Waals surface area contributed by atoms with Gasteiger partial charge in [0.15, 0.2) is 0 Å². The molecule has 162 valence electrons. The Morgan fingerprint density at radius 1 is 1.03 bits per heavy atom. The number of anilines is 2. The van der Waals surface area contributed by atoms with Gasteiger partial charge >= 0.3 is 0 Å². The van der Waals surface area contributed by atoms with E-state index in [2.05, 4.69) is 21.2 Å². The molecule has 0 bridgehead atoms. The van der Waals surface area contributed by atoms with E-state index in [1.807, 2.05) is 13.8 Å². The molecule has 5 nitrogen and oxygen atoms in total. The molecule has 1 N–H and O–H groups in total. The Kier molecular flexibility index (Phi) is 7.03. The second kappa shape index (κ2) is 9.38. The fourth-order valence-corrected chi connectivity index (χ4v) is 4.71. The molecule has 0 aromatic heterocycles. The molecule has 0 atom stereocenters. The summed E-state index contributed by atoms with van der Waals surface area (Å²) in [7, 11) is -4.09. The average Bonchev–Trinajstić information content (AvgIpc) is 2.71. The summed E-state index contributed by atoms with van der Waals surface area (Å²) in [5.74, 6) is -1.32. The van der Waals surface area contributed by atoms with Crippen LogP contribution in [0.25, 0.3) is 0 Å². The predicted octanol–water partition coefficient (Wildman–Crippen LogP) is 5.69. The van der Waals surface area contributed by atoms with Crippen LogP contribution in [0, 0.1) is 19.7 Å². The summed E-state index contributed by atoms with van der Waals surface area (Å²) < 4.78 is 42.4. The van der Waals surface area contributed by atoms with E-state index in [1.165, 1.54) is 36.4 Å².